The molecule has 0 fully saturated rings. The molecule has 2 aromatic rings. The number of hydrogen-bond acceptors (Lipinski definition) is 3. The van der Waals surface area contributed by atoms with Gasteiger partial charge in [-0.15, -0.1) is 0 Å². The number of rotatable bonds is 7. The van der Waals surface area contributed by atoms with Crippen LogP contribution in [-0.2, 0) is 13.5 Å². The highest BCUT2D eigenvalue weighted by molar-refractivity contribution is 5.31. The summed E-state index contributed by atoms with van der Waals surface area (Å²) < 4.78 is 31.0. The van der Waals surface area contributed by atoms with E-state index in [1.54, 1.807) is 18.3 Å². The monoisotopic (exact) mass is 295 g/mol. The van der Waals surface area contributed by atoms with Gasteiger partial charge >= 0.3 is 6.61 Å². The van der Waals surface area contributed by atoms with Gasteiger partial charge in [0.2, 0.25) is 0 Å². The molecule has 1 aromatic carbocycles. The van der Waals surface area contributed by atoms with Crippen molar-refractivity contribution in [2.24, 2.45) is 7.05 Å². The highest BCUT2D eigenvalue weighted by Gasteiger charge is 2.15. The van der Waals surface area contributed by atoms with Crippen LogP contribution >= 0.6 is 0 Å². The van der Waals surface area contributed by atoms with Crippen molar-refractivity contribution >= 4 is 0 Å². The number of imidazole rings is 1. The van der Waals surface area contributed by atoms with Crippen LogP contribution in [0.25, 0.3) is 0 Å². The second-order valence-electron chi connectivity index (χ2n) is 4.72. The minimum absolute atomic E-state index is 0.00248. The second kappa shape index (κ2) is 7.17. The smallest absolute Gasteiger partial charge is 0.387 e. The van der Waals surface area contributed by atoms with Crippen LogP contribution in [0.1, 0.15) is 24.4 Å². The summed E-state index contributed by atoms with van der Waals surface area (Å²) in [6, 6.07) is 6.78. The first-order valence-corrected chi connectivity index (χ1v) is 6.84. The molecule has 1 atom stereocenters. The topological polar surface area (TPSA) is 39.1 Å². The summed E-state index contributed by atoms with van der Waals surface area (Å²) in [5, 5.41) is 3.35. The fourth-order valence-corrected chi connectivity index (χ4v) is 2.24. The average molecular weight is 295 g/mol. The van der Waals surface area contributed by atoms with Crippen molar-refractivity contribution in [3.8, 4) is 5.75 Å². The molecule has 0 radical (unpaired) electrons. The molecule has 0 aliphatic rings. The van der Waals surface area contributed by atoms with Gasteiger partial charge in [-0.1, -0.05) is 19.1 Å². The molecule has 0 saturated carbocycles. The number of aryl methyl sites for hydroxylation is 1. The highest BCUT2D eigenvalue weighted by atomic mass is 19.3. The third kappa shape index (κ3) is 4.26. The van der Waals surface area contributed by atoms with E-state index in [0.29, 0.717) is 6.42 Å². The van der Waals surface area contributed by atoms with Crippen LogP contribution in [-0.4, -0.2) is 22.7 Å². The first-order chi connectivity index (χ1) is 10.1. The number of nitrogens with zero attached hydrogens (tertiary/aromatic N) is 2. The summed E-state index contributed by atoms with van der Waals surface area (Å²) in [4.78, 5) is 4.31. The maximum absolute atomic E-state index is 12.3. The number of halogens is 2. The fraction of sp³-hybridized carbons (Fsp3) is 0.400. The molecule has 0 aliphatic heterocycles. The SMILES string of the molecule is CCNC(Cc1nccn1C)c1cccc(OC(F)F)c1. The molecule has 0 aliphatic carbocycles. The molecule has 6 heteroatoms. The quantitative estimate of drug-likeness (QED) is 0.853. The number of ether oxygens (including phenoxy) is 1. The van der Waals surface area contributed by atoms with Gasteiger partial charge in [-0.25, -0.2) is 4.98 Å². The summed E-state index contributed by atoms with van der Waals surface area (Å²) in [5.41, 5.74) is 0.901. The van der Waals surface area contributed by atoms with Crippen LogP contribution in [0.3, 0.4) is 0 Å². The Hall–Kier alpha value is -1.95. The number of likely N-dealkylation sites (N-methyl/N-ethyl adjacent to an activating group) is 1. The van der Waals surface area contributed by atoms with E-state index in [2.05, 4.69) is 15.0 Å². The molecular weight excluding hydrogens is 276 g/mol. The summed E-state index contributed by atoms with van der Waals surface area (Å²) in [6.07, 6.45) is 4.30. The molecule has 114 valence electrons. The first-order valence-electron chi connectivity index (χ1n) is 6.84. The van der Waals surface area contributed by atoms with E-state index < -0.39 is 6.61 Å². The zero-order valence-electron chi connectivity index (χ0n) is 12.1. The molecule has 1 aromatic heterocycles. The van der Waals surface area contributed by atoms with Crippen molar-refractivity contribution in [3.63, 3.8) is 0 Å². The Kier molecular flexibility index (Phi) is 5.27. The van der Waals surface area contributed by atoms with Gasteiger partial charge in [0.15, 0.2) is 0 Å². The molecule has 1 unspecified atom stereocenters. The van der Waals surface area contributed by atoms with Crippen molar-refractivity contribution in [2.75, 3.05) is 6.54 Å². The third-order valence-corrected chi connectivity index (χ3v) is 3.24. The van der Waals surface area contributed by atoms with E-state index in [4.69, 9.17) is 0 Å². The van der Waals surface area contributed by atoms with Crippen molar-refractivity contribution in [3.05, 3.63) is 48.0 Å². The third-order valence-electron chi connectivity index (χ3n) is 3.24. The second-order valence-corrected chi connectivity index (χ2v) is 4.72. The van der Waals surface area contributed by atoms with Crippen LogP contribution in [0.15, 0.2) is 36.7 Å². The van der Waals surface area contributed by atoms with Crippen LogP contribution in [0.2, 0.25) is 0 Å². The lowest BCUT2D eigenvalue weighted by atomic mass is 10.0. The summed E-state index contributed by atoms with van der Waals surface area (Å²) in [6.45, 7) is -0.0349. The van der Waals surface area contributed by atoms with Crippen molar-refractivity contribution in [1.82, 2.24) is 14.9 Å². The summed E-state index contributed by atoms with van der Waals surface area (Å²) in [5.74, 6) is 1.10. The molecule has 0 bridgehead atoms. The molecular formula is C15H19F2N3O. The lowest BCUT2D eigenvalue weighted by Crippen LogP contribution is -2.24. The number of nitrogens with one attached hydrogen (secondary N) is 1. The molecule has 1 N–H and O–H groups in total. The number of alkyl halides is 2. The van der Waals surface area contributed by atoms with Crippen molar-refractivity contribution in [1.29, 1.82) is 0 Å². The Morgan fingerprint density at radius 2 is 2.19 bits per heavy atom. The normalized spacial score (nSPS) is 12.6. The Balaban J connectivity index is 2.19. The van der Waals surface area contributed by atoms with E-state index in [1.807, 2.05) is 30.8 Å². The van der Waals surface area contributed by atoms with Crippen molar-refractivity contribution < 1.29 is 13.5 Å². The largest absolute Gasteiger partial charge is 0.435 e. The standard InChI is InChI=1S/C15H19F2N3O/c1-3-18-13(10-14-19-7-8-20(14)2)11-5-4-6-12(9-11)21-15(16)17/h4-9,13,15,18H,3,10H2,1-2H3. The molecule has 4 nitrogen and oxygen atoms in total. The molecule has 0 amide bonds. The minimum atomic E-state index is -2.81. The van der Waals surface area contributed by atoms with Gasteiger partial charge in [-0.05, 0) is 24.2 Å². The number of hydrogen-bond donors (Lipinski definition) is 1. The molecule has 1 heterocycles. The molecule has 21 heavy (non-hydrogen) atoms. The Morgan fingerprint density at radius 3 is 2.81 bits per heavy atom. The zero-order chi connectivity index (χ0) is 15.2. The number of aromatic nitrogens is 2. The molecule has 2 rings (SSSR count). The predicted molar refractivity (Wildman–Crippen MR) is 76.4 cm³/mol. The van der Waals surface area contributed by atoms with Crippen LogP contribution in [0, 0.1) is 0 Å². The first kappa shape index (κ1) is 15.4. The van der Waals surface area contributed by atoms with E-state index >= 15 is 0 Å². The van der Waals surface area contributed by atoms with Crippen molar-refractivity contribution in [2.45, 2.75) is 26.0 Å². The average Bonchev–Trinajstić information content (AvgIpc) is 2.83. The Morgan fingerprint density at radius 1 is 1.38 bits per heavy atom. The fourth-order valence-electron chi connectivity index (χ4n) is 2.24. The van der Waals surface area contributed by atoms with Gasteiger partial charge in [0.05, 0.1) is 0 Å². The maximum atomic E-state index is 12.3. The van der Waals surface area contributed by atoms with E-state index in [-0.39, 0.29) is 11.8 Å². The van der Waals surface area contributed by atoms with E-state index in [9.17, 15) is 8.78 Å². The highest BCUT2D eigenvalue weighted by Crippen LogP contribution is 2.23. The summed E-state index contributed by atoms with van der Waals surface area (Å²) >= 11 is 0. The van der Waals surface area contributed by atoms with Gasteiger partial charge in [0.1, 0.15) is 11.6 Å². The van der Waals surface area contributed by atoms with Gasteiger partial charge < -0.3 is 14.6 Å². The Bertz CT molecular complexity index is 572. The minimum Gasteiger partial charge on any atom is -0.435 e. The summed E-state index contributed by atoms with van der Waals surface area (Å²) in [7, 11) is 1.93. The van der Waals surface area contributed by atoms with Gasteiger partial charge in [-0.3, -0.25) is 0 Å². The maximum Gasteiger partial charge on any atom is 0.387 e. The van der Waals surface area contributed by atoms with E-state index in [0.717, 1.165) is 17.9 Å². The molecule has 0 spiro atoms. The lowest BCUT2D eigenvalue weighted by molar-refractivity contribution is -0.0499. The van der Waals surface area contributed by atoms with Crippen LogP contribution in [0.5, 0.6) is 5.75 Å². The zero-order valence-corrected chi connectivity index (χ0v) is 12.1. The van der Waals surface area contributed by atoms with E-state index in [1.165, 1.54) is 6.07 Å². The van der Waals surface area contributed by atoms with Gasteiger partial charge in [-0.2, -0.15) is 8.78 Å². The predicted octanol–water partition coefficient (Wildman–Crippen LogP) is 2.91. The lowest BCUT2D eigenvalue weighted by Gasteiger charge is -2.19. The Labute approximate surface area is 122 Å². The number of benzene rings is 1. The van der Waals surface area contributed by atoms with Gasteiger partial charge in [0.25, 0.3) is 0 Å². The van der Waals surface area contributed by atoms with Crippen LogP contribution < -0.4 is 10.1 Å². The van der Waals surface area contributed by atoms with Gasteiger partial charge in [0, 0.05) is 31.9 Å². The molecule has 0 saturated heterocycles. The van der Waals surface area contributed by atoms with Crippen LogP contribution in [0.4, 0.5) is 8.78 Å².